The van der Waals surface area contributed by atoms with E-state index in [1.54, 1.807) is 24.9 Å². The van der Waals surface area contributed by atoms with Gasteiger partial charge in [0.15, 0.2) is 0 Å². The molecule has 1 N–H and O–H groups in total. The minimum atomic E-state index is -0.335. The first-order chi connectivity index (χ1) is 11.3. The quantitative estimate of drug-likeness (QED) is 0.847. The standard InChI is InChI=1S/C18H28FN3O2/c1-14-10-21(7-8-22(14)11-15(2)23)13-18(24)20(3)12-16-5-4-6-17(19)9-16/h4-6,9,14-15,23H,7-8,10-13H2,1-3H3/t14-,15+/m1/s1. The Hall–Kier alpha value is -1.50. The average molecular weight is 337 g/mol. The van der Waals surface area contributed by atoms with E-state index in [4.69, 9.17) is 0 Å². The molecule has 0 spiro atoms. The first-order valence-electron chi connectivity index (χ1n) is 8.48. The molecule has 0 unspecified atom stereocenters. The van der Waals surface area contributed by atoms with E-state index in [2.05, 4.69) is 16.7 Å². The molecule has 1 saturated heterocycles. The van der Waals surface area contributed by atoms with Gasteiger partial charge in [0.05, 0.1) is 12.6 Å². The summed E-state index contributed by atoms with van der Waals surface area (Å²) in [5, 5.41) is 9.52. The zero-order chi connectivity index (χ0) is 17.7. The molecule has 1 aromatic rings. The highest BCUT2D eigenvalue weighted by Crippen LogP contribution is 2.11. The van der Waals surface area contributed by atoms with E-state index >= 15 is 0 Å². The minimum absolute atomic E-state index is 0.0374. The number of hydrogen-bond acceptors (Lipinski definition) is 4. The number of β-amino-alcohol motifs (C(OH)–C–C–N with tert-alkyl or cyclic N) is 1. The third-order valence-corrected chi connectivity index (χ3v) is 4.44. The molecule has 2 atom stereocenters. The lowest BCUT2D eigenvalue weighted by Gasteiger charge is -2.40. The number of benzene rings is 1. The molecule has 1 heterocycles. The second-order valence-corrected chi connectivity index (χ2v) is 6.81. The fourth-order valence-corrected chi connectivity index (χ4v) is 3.13. The fourth-order valence-electron chi connectivity index (χ4n) is 3.13. The van der Waals surface area contributed by atoms with Crippen molar-refractivity contribution in [3.05, 3.63) is 35.6 Å². The number of aliphatic hydroxyl groups excluding tert-OH is 1. The zero-order valence-corrected chi connectivity index (χ0v) is 14.8. The molecule has 0 radical (unpaired) electrons. The maximum atomic E-state index is 13.2. The number of likely N-dealkylation sites (N-methyl/N-ethyl adjacent to an activating group) is 1. The van der Waals surface area contributed by atoms with Crippen molar-refractivity contribution in [1.29, 1.82) is 0 Å². The Morgan fingerprint density at radius 3 is 2.83 bits per heavy atom. The van der Waals surface area contributed by atoms with Crippen LogP contribution >= 0.6 is 0 Å². The Labute approximate surface area is 143 Å². The summed E-state index contributed by atoms with van der Waals surface area (Å²) in [6, 6.07) is 6.66. The van der Waals surface area contributed by atoms with Gasteiger partial charge in [0.2, 0.25) is 5.91 Å². The third kappa shape index (κ3) is 5.54. The Bertz CT molecular complexity index is 553. The van der Waals surface area contributed by atoms with Crippen LogP contribution in [0.2, 0.25) is 0 Å². The van der Waals surface area contributed by atoms with E-state index in [0.29, 0.717) is 25.7 Å². The molecular weight excluding hydrogens is 309 g/mol. The van der Waals surface area contributed by atoms with Gasteiger partial charge in [-0.3, -0.25) is 14.6 Å². The number of halogens is 1. The molecule has 1 aliphatic heterocycles. The van der Waals surface area contributed by atoms with Gasteiger partial charge in [-0.2, -0.15) is 0 Å². The minimum Gasteiger partial charge on any atom is -0.392 e. The lowest BCUT2D eigenvalue weighted by molar-refractivity contribution is -0.132. The summed E-state index contributed by atoms with van der Waals surface area (Å²) in [6.45, 7) is 7.85. The predicted molar refractivity (Wildman–Crippen MR) is 92.0 cm³/mol. The van der Waals surface area contributed by atoms with Gasteiger partial charge in [0.1, 0.15) is 5.82 Å². The molecule has 2 rings (SSSR count). The highest BCUT2D eigenvalue weighted by molar-refractivity contribution is 5.78. The van der Waals surface area contributed by atoms with Gasteiger partial charge in [-0.05, 0) is 31.5 Å². The molecule has 6 heteroatoms. The SMILES string of the molecule is C[C@H](O)CN1CCN(CC(=O)N(C)Cc2cccc(F)c2)C[C@H]1C. The predicted octanol–water partition coefficient (Wildman–Crippen LogP) is 1.17. The number of carbonyl (C=O) groups excluding carboxylic acids is 1. The van der Waals surface area contributed by atoms with Crippen LogP contribution < -0.4 is 0 Å². The van der Waals surface area contributed by atoms with Gasteiger partial charge in [-0.25, -0.2) is 4.39 Å². The number of piperazine rings is 1. The maximum absolute atomic E-state index is 13.2. The highest BCUT2D eigenvalue weighted by atomic mass is 19.1. The molecule has 0 saturated carbocycles. The molecule has 0 aromatic heterocycles. The normalized spacial score (nSPS) is 20.8. The van der Waals surface area contributed by atoms with Crippen molar-refractivity contribution in [2.24, 2.45) is 0 Å². The summed E-state index contributed by atoms with van der Waals surface area (Å²) in [5.74, 6) is -0.244. The van der Waals surface area contributed by atoms with Gasteiger partial charge in [0.25, 0.3) is 0 Å². The molecule has 1 amide bonds. The molecule has 1 aliphatic rings. The van der Waals surface area contributed by atoms with Gasteiger partial charge in [-0.15, -0.1) is 0 Å². The van der Waals surface area contributed by atoms with Crippen LogP contribution in [0, 0.1) is 5.82 Å². The number of rotatable bonds is 6. The zero-order valence-electron chi connectivity index (χ0n) is 14.8. The Balaban J connectivity index is 1.82. The van der Waals surface area contributed by atoms with E-state index in [0.717, 1.165) is 25.2 Å². The Morgan fingerprint density at radius 1 is 1.46 bits per heavy atom. The topological polar surface area (TPSA) is 47.0 Å². The summed E-state index contributed by atoms with van der Waals surface area (Å²) in [7, 11) is 1.75. The van der Waals surface area contributed by atoms with Crippen LogP contribution in [0.1, 0.15) is 19.4 Å². The number of hydrogen-bond donors (Lipinski definition) is 1. The van der Waals surface area contributed by atoms with Gasteiger partial charge in [-0.1, -0.05) is 12.1 Å². The van der Waals surface area contributed by atoms with Crippen molar-refractivity contribution < 1.29 is 14.3 Å². The number of nitrogens with zero attached hydrogens (tertiary/aromatic N) is 3. The second-order valence-electron chi connectivity index (χ2n) is 6.81. The van der Waals surface area contributed by atoms with Crippen LogP contribution in [0.3, 0.4) is 0 Å². The van der Waals surface area contributed by atoms with Crippen molar-refractivity contribution in [2.45, 2.75) is 32.5 Å². The molecule has 0 aliphatic carbocycles. The second kappa shape index (κ2) is 8.55. The summed E-state index contributed by atoms with van der Waals surface area (Å²) in [4.78, 5) is 18.4. The molecule has 0 bridgehead atoms. The monoisotopic (exact) mass is 337 g/mol. The Kier molecular flexibility index (Phi) is 6.71. The van der Waals surface area contributed by atoms with Gasteiger partial charge in [0, 0.05) is 45.8 Å². The number of carbonyl (C=O) groups is 1. The van der Waals surface area contributed by atoms with E-state index in [-0.39, 0.29) is 17.8 Å². The van der Waals surface area contributed by atoms with Crippen LogP contribution in [0.4, 0.5) is 4.39 Å². The number of aliphatic hydroxyl groups is 1. The molecule has 24 heavy (non-hydrogen) atoms. The maximum Gasteiger partial charge on any atom is 0.236 e. The van der Waals surface area contributed by atoms with Crippen molar-refractivity contribution in [3.63, 3.8) is 0 Å². The molecular formula is C18H28FN3O2. The summed E-state index contributed by atoms with van der Waals surface area (Å²) >= 11 is 0. The van der Waals surface area contributed by atoms with Crippen molar-refractivity contribution in [3.8, 4) is 0 Å². The van der Waals surface area contributed by atoms with E-state index in [1.165, 1.54) is 12.1 Å². The average Bonchev–Trinajstić information content (AvgIpc) is 2.49. The van der Waals surface area contributed by atoms with Crippen LogP contribution in [-0.2, 0) is 11.3 Å². The number of amides is 1. The van der Waals surface area contributed by atoms with E-state index in [9.17, 15) is 14.3 Å². The first kappa shape index (κ1) is 18.8. The van der Waals surface area contributed by atoms with E-state index < -0.39 is 0 Å². The lowest BCUT2D eigenvalue weighted by Crippen LogP contribution is -2.55. The van der Waals surface area contributed by atoms with Gasteiger partial charge >= 0.3 is 0 Å². The molecule has 5 nitrogen and oxygen atoms in total. The van der Waals surface area contributed by atoms with Crippen molar-refractivity contribution in [1.82, 2.24) is 14.7 Å². The Morgan fingerprint density at radius 2 is 2.21 bits per heavy atom. The summed E-state index contributed by atoms with van der Waals surface area (Å²) in [6.07, 6.45) is -0.335. The smallest absolute Gasteiger partial charge is 0.236 e. The highest BCUT2D eigenvalue weighted by Gasteiger charge is 2.26. The largest absolute Gasteiger partial charge is 0.392 e. The summed E-state index contributed by atoms with van der Waals surface area (Å²) in [5.41, 5.74) is 0.793. The van der Waals surface area contributed by atoms with Crippen LogP contribution in [0.15, 0.2) is 24.3 Å². The van der Waals surface area contributed by atoms with Crippen molar-refractivity contribution in [2.75, 3.05) is 39.8 Å². The third-order valence-electron chi connectivity index (χ3n) is 4.44. The summed E-state index contributed by atoms with van der Waals surface area (Å²) < 4.78 is 13.2. The van der Waals surface area contributed by atoms with Crippen LogP contribution in [0.25, 0.3) is 0 Å². The molecule has 1 fully saturated rings. The van der Waals surface area contributed by atoms with Crippen LogP contribution in [-0.4, -0.2) is 77.6 Å². The van der Waals surface area contributed by atoms with E-state index in [1.807, 2.05) is 6.07 Å². The molecule has 134 valence electrons. The fraction of sp³-hybridized carbons (Fsp3) is 0.611. The first-order valence-corrected chi connectivity index (χ1v) is 8.48. The molecule has 1 aromatic carbocycles. The van der Waals surface area contributed by atoms with Crippen molar-refractivity contribution >= 4 is 5.91 Å². The van der Waals surface area contributed by atoms with Crippen LogP contribution in [0.5, 0.6) is 0 Å². The van der Waals surface area contributed by atoms with Gasteiger partial charge < -0.3 is 10.0 Å². The lowest BCUT2D eigenvalue weighted by atomic mass is 10.1.